The summed E-state index contributed by atoms with van der Waals surface area (Å²) in [4.78, 5) is 11.6. The third-order valence-electron chi connectivity index (χ3n) is 3.83. The van der Waals surface area contributed by atoms with E-state index in [-0.39, 0.29) is 19.4 Å². The number of guanidine groups is 1. The van der Waals surface area contributed by atoms with Crippen molar-refractivity contribution in [2.75, 3.05) is 13.2 Å². The number of carbonyl (C=O) groups is 1. The molecule has 0 aliphatic carbocycles. The van der Waals surface area contributed by atoms with E-state index in [1.807, 2.05) is 0 Å². The fourth-order valence-electron chi connectivity index (χ4n) is 2.34. The van der Waals surface area contributed by atoms with Crippen molar-refractivity contribution in [1.29, 1.82) is 5.41 Å². The van der Waals surface area contributed by atoms with Gasteiger partial charge in [0.15, 0.2) is 12.2 Å². The molecule has 12 heteroatoms. The van der Waals surface area contributed by atoms with E-state index in [1.54, 1.807) is 0 Å². The molecule has 0 aromatic heterocycles. The Morgan fingerprint density at radius 2 is 1.92 bits per heavy atom. The van der Waals surface area contributed by atoms with E-state index in [0.717, 1.165) is 4.90 Å². The Bertz CT molecular complexity index is 466. The standard InChI is InChI=1S/C12H24N4O8/c13-5(10(21)22)2-1-3-16(11(14)15)9-7(19)6(18)8(20)12(23,4-17)24-9/h5-9,17-20,23H,1-4,13H2,(H3,14,15)(H,21,22)/t5?,6-,7+,8+,9?,12+/m1/s1. The van der Waals surface area contributed by atoms with Crippen molar-refractivity contribution in [1.82, 2.24) is 4.90 Å². The van der Waals surface area contributed by atoms with Gasteiger partial charge in [-0.15, -0.1) is 0 Å². The lowest BCUT2D eigenvalue weighted by Gasteiger charge is -2.48. The van der Waals surface area contributed by atoms with Crippen LogP contribution in [0.3, 0.4) is 0 Å². The van der Waals surface area contributed by atoms with E-state index in [0.29, 0.717) is 0 Å². The van der Waals surface area contributed by atoms with Crippen LogP contribution in [0.2, 0.25) is 0 Å². The third kappa shape index (κ3) is 4.30. The number of carboxylic acid groups (broad SMARTS) is 1. The monoisotopic (exact) mass is 352 g/mol. The summed E-state index contributed by atoms with van der Waals surface area (Å²) >= 11 is 0. The van der Waals surface area contributed by atoms with E-state index < -0.39 is 54.9 Å². The average Bonchev–Trinajstić information content (AvgIpc) is 2.52. The first-order chi connectivity index (χ1) is 11.0. The molecule has 1 rings (SSSR count). The fourth-order valence-corrected chi connectivity index (χ4v) is 2.34. The maximum Gasteiger partial charge on any atom is 0.320 e. The Morgan fingerprint density at radius 1 is 1.33 bits per heavy atom. The number of aliphatic hydroxyl groups excluding tert-OH is 4. The SMILES string of the molecule is N=C(N)N(CCCC(N)C(=O)O)C1O[C@@](O)(CO)[C@@H](O)[C@H](O)[C@@H]1O. The molecule has 0 bridgehead atoms. The number of carboxylic acids is 1. The Hall–Kier alpha value is -1.54. The Labute approximate surface area is 137 Å². The lowest BCUT2D eigenvalue weighted by Crippen LogP contribution is -2.70. The number of hydrogen-bond acceptors (Lipinski definition) is 9. The van der Waals surface area contributed by atoms with Crippen molar-refractivity contribution in [3.8, 4) is 0 Å². The second-order valence-electron chi connectivity index (χ2n) is 5.60. The van der Waals surface area contributed by atoms with Gasteiger partial charge < -0.3 is 51.7 Å². The molecule has 0 spiro atoms. The first kappa shape index (κ1) is 20.5. The molecular formula is C12H24N4O8. The smallest absolute Gasteiger partial charge is 0.320 e. The van der Waals surface area contributed by atoms with Gasteiger partial charge >= 0.3 is 5.97 Å². The van der Waals surface area contributed by atoms with E-state index in [4.69, 9.17) is 31.8 Å². The minimum atomic E-state index is -2.56. The quantitative estimate of drug-likeness (QED) is 0.157. The molecule has 1 fully saturated rings. The number of nitrogens with one attached hydrogen (secondary N) is 1. The molecule has 0 aromatic rings. The lowest BCUT2D eigenvalue weighted by atomic mass is 9.95. The summed E-state index contributed by atoms with van der Waals surface area (Å²) in [7, 11) is 0. The molecule has 6 atom stereocenters. The first-order valence-electron chi connectivity index (χ1n) is 7.19. The minimum absolute atomic E-state index is 0.0391. The molecule has 1 saturated heterocycles. The highest BCUT2D eigenvalue weighted by Crippen LogP contribution is 2.29. The number of aliphatic carboxylic acids is 1. The van der Waals surface area contributed by atoms with Gasteiger partial charge in [0.2, 0.25) is 5.79 Å². The van der Waals surface area contributed by atoms with Crippen LogP contribution in [0.5, 0.6) is 0 Å². The molecule has 0 aromatic carbocycles. The van der Waals surface area contributed by atoms with Gasteiger partial charge in [-0.1, -0.05) is 0 Å². The summed E-state index contributed by atoms with van der Waals surface area (Å²) in [6, 6.07) is -1.13. The molecule has 1 heterocycles. The molecule has 2 unspecified atom stereocenters. The van der Waals surface area contributed by atoms with Gasteiger partial charge in [-0.2, -0.15) is 0 Å². The maximum atomic E-state index is 10.7. The molecule has 140 valence electrons. The first-order valence-corrected chi connectivity index (χ1v) is 7.19. The molecule has 11 N–H and O–H groups in total. The van der Waals surface area contributed by atoms with E-state index in [2.05, 4.69) is 0 Å². The largest absolute Gasteiger partial charge is 0.480 e. The van der Waals surface area contributed by atoms with Crippen molar-refractivity contribution in [2.24, 2.45) is 11.5 Å². The molecule has 1 aliphatic heterocycles. The van der Waals surface area contributed by atoms with Crippen LogP contribution >= 0.6 is 0 Å². The van der Waals surface area contributed by atoms with E-state index >= 15 is 0 Å². The molecule has 0 radical (unpaired) electrons. The Kier molecular flexibility index (Phi) is 6.86. The van der Waals surface area contributed by atoms with Crippen molar-refractivity contribution in [3.63, 3.8) is 0 Å². The van der Waals surface area contributed by atoms with Crippen LogP contribution in [0.4, 0.5) is 0 Å². The lowest BCUT2D eigenvalue weighted by molar-refractivity contribution is -0.370. The summed E-state index contributed by atoms with van der Waals surface area (Å²) in [5, 5.41) is 64.9. The van der Waals surface area contributed by atoms with Gasteiger partial charge in [0.25, 0.3) is 0 Å². The highest BCUT2D eigenvalue weighted by Gasteiger charge is 2.54. The number of rotatable bonds is 7. The molecular weight excluding hydrogens is 328 g/mol. The molecule has 1 aliphatic rings. The Morgan fingerprint density at radius 3 is 2.38 bits per heavy atom. The average molecular weight is 352 g/mol. The van der Waals surface area contributed by atoms with Crippen LogP contribution in [0.25, 0.3) is 0 Å². The second kappa shape index (κ2) is 8.02. The highest BCUT2D eigenvalue weighted by molar-refractivity contribution is 5.75. The van der Waals surface area contributed by atoms with E-state index in [1.165, 1.54) is 0 Å². The van der Waals surface area contributed by atoms with Crippen LogP contribution in [-0.2, 0) is 9.53 Å². The van der Waals surface area contributed by atoms with Gasteiger partial charge in [0.1, 0.15) is 24.4 Å². The number of aliphatic hydroxyl groups is 5. The molecule has 24 heavy (non-hydrogen) atoms. The normalized spacial score (nSPS) is 34.6. The molecule has 0 saturated carbocycles. The summed E-state index contributed by atoms with van der Waals surface area (Å²) in [6.07, 6.45) is -6.96. The van der Waals surface area contributed by atoms with Gasteiger partial charge in [-0.05, 0) is 12.8 Å². The van der Waals surface area contributed by atoms with Crippen molar-refractivity contribution < 1.29 is 40.2 Å². The van der Waals surface area contributed by atoms with Crippen LogP contribution in [0.15, 0.2) is 0 Å². The van der Waals surface area contributed by atoms with Gasteiger partial charge in [-0.3, -0.25) is 10.2 Å². The van der Waals surface area contributed by atoms with Crippen LogP contribution in [0.1, 0.15) is 12.8 Å². The summed E-state index contributed by atoms with van der Waals surface area (Å²) in [6.45, 7) is -1.16. The van der Waals surface area contributed by atoms with E-state index in [9.17, 15) is 25.2 Å². The zero-order valence-corrected chi connectivity index (χ0v) is 12.8. The topological polar surface area (TPSA) is 227 Å². The zero-order chi connectivity index (χ0) is 18.7. The number of hydrogen-bond donors (Lipinski definition) is 9. The number of nitrogens with two attached hydrogens (primary N) is 2. The highest BCUT2D eigenvalue weighted by atomic mass is 16.7. The fraction of sp³-hybridized carbons (Fsp3) is 0.833. The minimum Gasteiger partial charge on any atom is -0.480 e. The van der Waals surface area contributed by atoms with Crippen LogP contribution < -0.4 is 11.5 Å². The predicted molar refractivity (Wildman–Crippen MR) is 78.4 cm³/mol. The van der Waals surface area contributed by atoms with Crippen molar-refractivity contribution in [3.05, 3.63) is 0 Å². The van der Waals surface area contributed by atoms with Gasteiger partial charge in [0.05, 0.1) is 6.61 Å². The van der Waals surface area contributed by atoms with Crippen molar-refractivity contribution in [2.45, 2.75) is 49.2 Å². The Balaban J connectivity index is 2.86. The second-order valence-corrected chi connectivity index (χ2v) is 5.60. The van der Waals surface area contributed by atoms with Gasteiger partial charge in [-0.25, -0.2) is 0 Å². The molecule has 12 nitrogen and oxygen atoms in total. The number of ether oxygens (including phenoxy) is 1. The summed E-state index contributed by atoms with van der Waals surface area (Å²) in [5.41, 5.74) is 10.8. The van der Waals surface area contributed by atoms with Crippen molar-refractivity contribution >= 4 is 11.9 Å². The zero-order valence-electron chi connectivity index (χ0n) is 12.8. The summed E-state index contributed by atoms with van der Waals surface area (Å²) < 4.78 is 5.05. The third-order valence-corrected chi connectivity index (χ3v) is 3.83. The predicted octanol–water partition coefficient (Wildman–Crippen LogP) is -4.51. The molecule has 0 amide bonds. The van der Waals surface area contributed by atoms with Crippen LogP contribution in [0, 0.1) is 5.41 Å². The summed E-state index contributed by atoms with van der Waals surface area (Å²) in [5.74, 6) is -4.35. The van der Waals surface area contributed by atoms with Gasteiger partial charge in [0, 0.05) is 6.54 Å². The van der Waals surface area contributed by atoms with Crippen LogP contribution in [-0.4, -0.2) is 97.0 Å². The number of nitrogens with zero attached hydrogens (tertiary/aromatic N) is 1. The maximum absolute atomic E-state index is 10.7.